The van der Waals surface area contributed by atoms with Gasteiger partial charge in [0.15, 0.2) is 0 Å². The first-order chi connectivity index (χ1) is 7.63. The normalized spacial score (nSPS) is 24.5. The fraction of sp³-hybridized carbons (Fsp3) is 0.917. The Balaban J connectivity index is 1.71. The van der Waals surface area contributed by atoms with Gasteiger partial charge in [0, 0.05) is 44.7 Å². The van der Waals surface area contributed by atoms with Gasteiger partial charge in [-0.1, -0.05) is 6.92 Å². The summed E-state index contributed by atoms with van der Waals surface area (Å²) in [6.07, 6.45) is 3.98. The molecule has 0 bridgehead atoms. The van der Waals surface area contributed by atoms with Crippen molar-refractivity contribution in [1.29, 1.82) is 0 Å². The summed E-state index contributed by atoms with van der Waals surface area (Å²) in [6.45, 7) is 6.83. The Hall–Kier alpha value is -0.610. The maximum Gasteiger partial charge on any atom is 0.222 e. The number of hydrogen-bond acceptors (Lipinski definition) is 3. The molecule has 0 spiro atoms. The molecule has 1 saturated heterocycles. The first-order valence-corrected chi connectivity index (χ1v) is 6.42. The van der Waals surface area contributed by atoms with Crippen molar-refractivity contribution in [3.63, 3.8) is 0 Å². The highest BCUT2D eigenvalue weighted by Crippen LogP contribution is 2.33. The van der Waals surface area contributed by atoms with Crippen molar-refractivity contribution in [3.05, 3.63) is 0 Å². The van der Waals surface area contributed by atoms with Crippen LogP contribution in [-0.2, 0) is 4.79 Å². The molecular formula is C12H23N3O. The van der Waals surface area contributed by atoms with Crippen LogP contribution >= 0.6 is 0 Å². The Morgan fingerprint density at radius 3 is 2.38 bits per heavy atom. The van der Waals surface area contributed by atoms with Gasteiger partial charge in [0.25, 0.3) is 0 Å². The van der Waals surface area contributed by atoms with Gasteiger partial charge in [-0.2, -0.15) is 0 Å². The molecule has 16 heavy (non-hydrogen) atoms. The average molecular weight is 225 g/mol. The topological polar surface area (TPSA) is 49.6 Å². The van der Waals surface area contributed by atoms with E-state index in [-0.39, 0.29) is 5.54 Å². The fourth-order valence-electron chi connectivity index (χ4n) is 2.29. The highest BCUT2D eigenvalue weighted by atomic mass is 16.2. The third kappa shape index (κ3) is 2.95. The van der Waals surface area contributed by atoms with Crippen molar-refractivity contribution >= 4 is 5.91 Å². The Morgan fingerprint density at radius 2 is 1.88 bits per heavy atom. The van der Waals surface area contributed by atoms with E-state index in [4.69, 9.17) is 5.73 Å². The van der Waals surface area contributed by atoms with Crippen molar-refractivity contribution in [3.8, 4) is 0 Å². The standard InChI is InChI=1S/C12H23N3O/c1-2-3-11(16)15-8-6-14(7-9-15)10-12(13)4-5-12/h2-10,13H2,1H3. The molecule has 0 aromatic heterocycles. The average Bonchev–Trinajstić information content (AvgIpc) is 2.97. The quantitative estimate of drug-likeness (QED) is 0.754. The zero-order chi connectivity index (χ0) is 11.6. The van der Waals surface area contributed by atoms with E-state index in [2.05, 4.69) is 11.8 Å². The van der Waals surface area contributed by atoms with E-state index in [0.29, 0.717) is 12.3 Å². The molecule has 2 aliphatic rings. The number of carbonyl (C=O) groups excluding carboxylic acids is 1. The second-order valence-corrected chi connectivity index (χ2v) is 5.27. The lowest BCUT2D eigenvalue weighted by molar-refractivity contribution is -0.133. The van der Waals surface area contributed by atoms with Gasteiger partial charge in [0.1, 0.15) is 0 Å². The Kier molecular flexibility index (Phi) is 3.50. The van der Waals surface area contributed by atoms with Gasteiger partial charge < -0.3 is 10.6 Å². The number of rotatable bonds is 4. The van der Waals surface area contributed by atoms with Gasteiger partial charge in [-0.05, 0) is 19.3 Å². The minimum Gasteiger partial charge on any atom is -0.340 e. The molecule has 2 N–H and O–H groups in total. The number of hydrogen-bond donors (Lipinski definition) is 1. The van der Waals surface area contributed by atoms with Crippen LogP contribution in [0.5, 0.6) is 0 Å². The molecular weight excluding hydrogens is 202 g/mol. The Labute approximate surface area is 97.8 Å². The van der Waals surface area contributed by atoms with Gasteiger partial charge in [0.2, 0.25) is 5.91 Å². The molecule has 1 aliphatic heterocycles. The molecule has 1 saturated carbocycles. The lowest BCUT2D eigenvalue weighted by Gasteiger charge is -2.36. The van der Waals surface area contributed by atoms with E-state index < -0.39 is 0 Å². The maximum atomic E-state index is 11.7. The Morgan fingerprint density at radius 1 is 1.25 bits per heavy atom. The van der Waals surface area contributed by atoms with Crippen LogP contribution in [0.4, 0.5) is 0 Å². The van der Waals surface area contributed by atoms with Gasteiger partial charge in [0.05, 0.1) is 0 Å². The van der Waals surface area contributed by atoms with Crippen LogP contribution in [-0.4, -0.2) is 54.0 Å². The van der Waals surface area contributed by atoms with Crippen LogP contribution in [0.15, 0.2) is 0 Å². The molecule has 1 aliphatic carbocycles. The van der Waals surface area contributed by atoms with Crippen LogP contribution < -0.4 is 5.73 Å². The SMILES string of the molecule is CCCC(=O)N1CCN(CC2(N)CC2)CC1. The molecule has 0 radical (unpaired) electrons. The van der Waals surface area contributed by atoms with E-state index >= 15 is 0 Å². The molecule has 0 unspecified atom stereocenters. The lowest BCUT2D eigenvalue weighted by atomic mass is 10.2. The second kappa shape index (κ2) is 4.72. The fourth-order valence-corrected chi connectivity index (χ4v) is 2.29. The number of amides is 1. The van der Waals surface area contributed by atoms with Crippen molar-refractivity contribution < 1.29 is 4.79 Å². The van der Waals surface area contributed by atoms with Crippen molar-refractivity contribution in [2.75, 3.05) is 32.7 Å². The van der Waals surface area contributed by atoms with Crippen LogP contribution in [0.1, 0.15) is 32.6 Å². The molecule has 4 nitrogen and oxygen atoms in total. The first kappa shape index (κ1) is 11.9. The van der Waals surface area contributed by atoms with Gasteiger partial charge in [-0.25, -0.2) is 0 Å². The van der Waals surface area contributed by atoms with Crippen LogP contribution in [0, 0.1) is 0 Å². The molecule has 0 aromatic rings. The number of carbonyl (C=O) groups is 1. The first-order valence-electron chi connectivity index (χ1n) is 6.42. The summed E-state index contributed by atoms with van der Waals surface area (Å²) in [5.74, 6) is 0.316. The minimum atomic E-state index is 0.107. The van der Waals surface area contributed by atoms with E-state index in [0.717, 1.165) is 39.1 Å². The molecule has 92 valence electrons. The third-order valence-electron chi connectivity index (χ3n) is 3.62. The minimum absolute atomic E-state index is 0.107. The highest BCUT2D eigenvalue weighted by Gasteiger charge is 2.40. The van der Waals surface area contributed by atoms with Gasteiger partial charge in [-0.15, -0.1) is 0 Å². The molecule has 4 heteroatoms. The van der Waals surface area contributed by atoms with Crippen molar-refractivity contribution in [2.45, 2.75) is 38.1 Å². The van der Waals surface area contributed by atoms with Crippen molar-refractivity contribution in [2.24, 2.45) is 5.73 Å². The molecule has 0 aromatic carbocycles. The summed E-state index contributed by atoms with van der Waals surface area (Å²) in [5, 5.41) is 0. The van der Waals surface area contributed by atoms with Gasteiger partial charge in [-0.3, -0.25) is 9.69 Å². The molecule has 2 fully saturated rings. The summed E-state index contributed by atoms with van der Waals surface area (Å²) in [5.41, 5.74) is 6.20. The number of nitrogens with two attached hydrogens (primary N) is 1. The summed E-state index contributed by atoms with van der Waals surface area (Å²) in [6, 6.07) is 0. The second-order valence-electron chi connectivity index (χ2n) is 5.27. The zero-order valence-corrected chi connectivity index (χ0v) is 10.2. The summed E-state index contributed by atoms with van der Waals surface area (Å²) < 4.78 is 0. The van der Waals surface area contributed by atoms with Crippen LogP contribution in [0.3, 0.4) is 0 Å². The third-order valence-corrected chi connectivity index (χ3v) is 3.62. The molecule has 0 atom stereocenters. The predicted molar refractivity (Wildman–Crippen MR) is 64.1 cm³/mol. The van der Waals surface area contributed by atoms with Crippen LogP contribution in [0.25, 0.3) is 0 Å². The summed E-state index contributed by atoms with van der Waals surface area (Å²) >= 11 is 0. The van der Waals surface area contributed by atoms with E-state index in [9.17, 15) is 4.79 Å². The maximum absolute atomic E-state index is 11.7. The highest BCUT2D eigenvalue weighted by molar-refractivity contribution is 5.76. The predicted octanol–water partition coefficient (Wildman–Crippen LogP) is 0.422. The summed E-state index contributed by atoms with van der Waals surface area (Å²) in [7, 11) is 0. The smallest absolute Gasteiger partial charge is 0.222 e. The molecule has 1 heterocycles. The van der Waals surface area contributed by atoms with Gasteiger partial charge >= 0.3 is 0 Å². The number of piperazine rings is 1. The molecule has 1 amide bonds. The van der Waals surface area contributed by atoms with E-state index in [1.54, 1.807) is 0 Å². The lowest BCUT2D eigenvalue weighted by Crippen LogP contribution is -2.52. The largest absolute Gasteiger partial charge is 0.340 e. The molecule has 2 rings (SSSR count). The van der Waals surface area contributed by atoms with E-state index in [1.165, 1.54) is 12.8 Å². The van der Waals surface area contributed by atoms with E-state index in [1.807, 2.05) is 4.90 Å². The Bertz CT molecular complexity index is 255. The zero-order valence-electron chi connectivity index (χ0n) is 10.2. The van der Waals surface area contributed by atoms with Crippen molar-refractivity contribution in [1.82, 2.24) is 9.80 Å². The summed E-state index contributed by atoms with van der Waals surface area (Å²) in [4.78, 5) is 16.1. The monoisotopic (exact) mass is 225 g/mol. The van der Waals surface area contributed by atoms with Crippen LogP contribution in [0.2, 0.25) is 0 Å². The number of nitrogens with zero attached hydrogens (tertiary/aromatic N) is 2.